The average molecular weight is 737 g/mol. The zero-order valence-corrected chi connectivity index (χ0v) is 33.5. The monoisotopic (exact) mass is 736 g/mol. The predicted molar refractivity (Wildman–Crippen MR) is 202 cm³/mol. The van der Waals surface area contributed by atoms with Crippen LogP contribution in [-0.2, 0) is 18.4 Å². The number of amides is 3. The van der Waals surface area contributed by atoms with Gasteiger partial charge in [0.15, 0.2) is 34.3 Å². The van der Waals surface area contributed by atoms with Gasteiger partial charge in [-0.1, -0.05) is 71.9 Å². The van der Waals surface area contributed by atoms with Crippen molar-refractivity contribution in [3.8, 4) is 0 Å². The molecule has 0 bridgehead atoms. The van der Waals surface area contributed by atoms with Crippen LogP contribution in [0.25, 0.3) is 11.2 Å². The number of imide groups is 1. The maximum Gasteiger partial charge on any atom is 0.327 e. The van der Waals surface area contributed by atoms with Gasteiger partial charge in [0.25, 0.3) is 0 Å². The van der Waals surface area contributed by atoms with E-state index in [0.717, 1.165) is 41.8 Å². The average Bonchev–Trinajstić information content (AvgIpc) is 3.58. The maximum atomic E-state index is 14.2. The van der Waals surface area contributed by atoms with Crippen LogP contribution in [-0.4, -0.2) is 113 Å². The standard InChI is InChI=1S/C36H56N8O5Si2/c1-9-50(10-2,11-3)48-30-27(21-42-20-26(42)34(45)44-29(24(7)41(8)36(44)46)25-18-16-15-17-19-25)47-35(31(30)49-51(12-4,13-5)14-6)43-23-40-28-32(37)38-22-39-33(28)43/h15-19,22-24,26-27,29-31,35H,9-14,20-21H2,1-8H3,(H2,37,38,39)/t24-,26?,27+,29-,30?,31?,35+,42?/m0/s1. The Morgan fingerprint density at radius 1 is 0.922 bits per heavy atom. The Morgan fingerprint density at radius 2 is 1.53 bits per heavy atom. The molecule has 8 atom stereocenters. The molecule has 3 aliphatic heterocycles. The first-order chi connectivity index (χ1) is 24.5. The summed E-state index contributed by atoms with van der Waals surface area (Å²) in [6.45, 7) is 16.4. The van der Waals surface area contributed by atoms with Crippen molar-refractivity contribution < 1.29 is 23.2 Å². The van der Waals surface area contributed by atoms with Gasteiger partial charge in [0.1, 0.15) is 36.2 Å². The molecule has 3 aromatic rings. The number of likely N-dealkylation sites (N-methyl/N-ethyl adjacent to an activating group) is 1. The Kier molecular flexibility index (Phi) is 11.1. The third-order valence-corrected chi connectivity index (χ3v) is 21.5. The number of carbonyl (C=O) groups is 2. The van der Waals surface area contributed by atoms with Crippen LogP contribution in [0.4, 0.5) is 10.6 Å². The zero-order valence-electron chi connectivity index (χ0n) is 31.5. The summed E-state index contributed by atoms with van der Waals surface area (Å²) in [7, 11) is -2.58. The number of carbonyl (C=O) groups excluding carboxylic acids is 2. The van der Waals surface area contributed by atoms with E-state index in [0.29, 0.717) is 30.1 Å². The van der Waals surface area contributed by atoms with E-state index in [2.05, 4.69) is 61.4 Å². The number of urea groups is 1. The van der Waals surface area contributed by atoms with Crippen molar-refractivity contribution in [3.05, 3.63) is 48.5 Å². The lowest BCUT2D eigenvalue weighted by molar-refractivity contribution is -0.129. The van der Waals surface area contributed by atoms with E-state index >= 15 is 0 Å². The van der Waals surface area contributed by atoms with Gasteiger partial charge in [-0.15, -0.1) is 0 Å². The number of anilines is 1. The van der Waals surface area contributed by atoms with E-state index in [9.17, 15) is 9.59 Å². The van der Waals surface area contributed by atoms with E-state index in [4.69, 9.17) is 19.3 Å². The van der Waals surface area contributed by atoms with Crippen molar-refractivity contribution in [3.63, 3.8) is 0 Å². The zero-order chi connectivity index (χ0) is 36.7. The fourth-order valence-corrected chi connectivity index (χ4v) is 13.9. The molecular weight excluding hydrogens is 681 g/mol. The molecular formula is C36H56N8O5Si2. The highest BCUT2D eigenvalue weighted by Gasteiger charge is 2.57. The van der Waals surface area contributed by atoms with Crippen LogP contribution >= 0.6 is 0 Å². The number of benzene rings is 1. The number of nitrogens with zero attached hydrogens (tertiary/aromatic N) is 7. The minimum absolute atomic E-state index is 0.149. The molecule has 3 fully saturated rings. The lowest BCUT2D eigenvalue weighted by atomic mass is 10.00. The minimum Gasteiger partial charge on any atom is -0.408 e. The number of imidazole rings is 1. The molecule has 0 saturated carbocycles. The van der Waals surface area contributed by atoms with Crippen LogP contribution < -0.4 is 5.73 Å². The molecule has 51 heavy (non-hydrogen) atoms. The van der Waals surface area contributed by atoms with Crippen molar-refractivity contribution in [1.29, 1.82) is 0 Å². The molecule has 0 spiro atoms. The lowest BCUT2D eigenvalue weighted by Crippen LogP contribution is -2.52. The normalized spacial score (nSPS) is 28.3. The Hall–Kier alpha value is -3.22. The molecule has 13 nitrogen and oxygen atoms in total. The quantitative estimate of drug-likeness (QED) is 0.151. The van der Waals surface area contributed by atoms with Crippen LogP contribution in [0.3, 0.4) is 0 Å². The van der Waals surface area contributed by atoms with Crippen LogP contribution in [0.2, 0.25) is 36.3 Å². The number of nitrogens with two attached hydrogens (primary N) is 1. The molecule has 1 aromatic carbocycles. The molecule has 15 heteroatoms. The van der Waals surface area contributed by atoms with Gasteiger partial charge in [-0.3, -0.25) is 19.2 Å². The fourth-order valence-electron chi connectivity index (χ4n) is 8.18. The number of rotatable bonds is 15. The highest BCUT2D eigenvalue weighted by Crippen LogP contribution is 2.43. The Bertz CT molecular complexity index is 1670. The van der Waals surface area contributed by atoms with Crippen molar-refractivity contribution in [2.24, 2.45) is 0 Å². The molecule has 6 rings (SSSR count). The van der Waals surface area contributed by atoms with Gasteiger partial charge < -0.3 is 24.2 Å². The van der Waals surface area contributed by atoms with Crippen LogP contribution in [0, 0.1) is 0 Å². The predicted octanol–water partition coefficient (Wildman–Crippen LogP) is 5.79. The lowest BCUT2D eigenvalue weighted by Gasteiger charge is -2.39. The molecule has 278 valence electrons. The van der Waals surface area contributed by atoms with Crippen molar-refractivity contribution in [2.45, 2.75) is 127 Å². The first-order valence-electron chi connectivity index (χ1n) is 18.8. The molecule has 3 saturated heterocycles. The number of fused-ring (bicyclic) bond motifs is 1. The van der Waals surface area contributed by atoms with E-state index in [1.54, 1.807) is 18.3 Å². The van der Waals surface area contributed by atoms with Crippen molar-refractivity contribution >= 4 is 45.6 Å². The van der Waals surface area contributed by atoms with Gasteiger partial charge in [0, 0.05) is 20.1 Å². The molecule has 3 amide bonds. The molecule has 2 aromatic heterocycles. The second kappa shape index (κ2) is 15.0. The smallest absolute Gasteiger partial charge is 0.327 e. The van der Waals surface area contributed by atoms with E-state index in [-0.39, 0.29) is 30.1 Å². The van der Waals surface area contributed by atoms with Gasteiger partial charge in [0.05, 0.1) is 18.4 Å². The molecule has 5 heterocycles. The summed E-state index contributed by atoms with van der Waals surface area (Å²) in [4.78, 5) is 46.3. The largest absolute Gasteiger partial charge is 0.408 e. The number of ether oxygens (including phenoxy) is 1. The summed E-state index contributed by atoms with van der Waals surface area (Å²) >= 11 is 0. The van der Waals surface area contributed by atoms with E-state index < -0.39 is 41.1 Å². The van der Waals surface area contributed by atoms with Crippen LogP contribution in [0.15, 0.2) is 43.0 Å². The van der Waals surface area contributed by atoms with E-state index in [1.807, 2.05) is 41.8 Å². The summed E-state index contributed by atoms with van der Waals surface area (Å²) in [6, 6.07) is 14.5. The minimum atomic E-state index is -2.18. The molecule has 0 aliphatic carbocycles. The van der Waals surface area contributed by atoms with Crippen LogP contribution in [0.1, 0.15) is 66.3 Å². The first-order valence-corrected chi connectivity index (χ1v) is 23.9. The summed E-state index contributed by atoms with van der Waals surface area (Å²) in [5.41, 5.74) is 8.27. The molecule has 4 unspecified atom stereocenters. The molecule has 2 N–H and O–H groups in total. The fraction of sp³-hybridized carbons (Fsp3) is 0.639. The van der Waals surface area contributed by atoms with Gasteiger partial charge in [-0.05, 0) is 48.8 Å². The molecule has 3 aliphatic rings. The highest BCUT2D eigenvalue weighted by molar-refractivity contribution is 6.74. The highest BCUT2D eigenvalue weighted by atomic mass is 28.4. The SMILES string of the molecule is CC[Si](CC)(CC)OC1C(O[Si](CC)(CC)CC)[C@@H](CN2CC2C(=O)N2C(=O)N(C)[C@@H](C)[C@H]2c2ccccc2)O[C@H]1n1cnc2c(N)ncnc21. The van der Waals surface area contributed by atoms with Gasteiger partial charge in [0.2, 0.25) is 5.91 Å². The number of aromatic nitrogens is 4. The second-order valence-corrected chi connectivity index (χ2v) is 23.9. The Labute approximate surface area is 304 Å². The Morgan fingerprint density at radius 3 is 2.14 bits per heavy atom. The molecule has 0 radical (unpaired) electrons. The number of hydrogen-bond acceptors (Lipinski definition) is 10. The first kappa shape index (κ1) is 37.5. The van der Waals surface area contributed by atoms with Gasteiger partial charge in [-0.25, -0.2) is 19.7 Å². The second-order valence-electron chi connectivity index (χ2n) is 14.5. The van der Waals surface area contributed by atoms with Gasteiger partial charge >= 0.3 is 6.03 Å². The van der Waals surface area contributed by atoms with E-state index in [1.165, 1.54) is 11.2 Å². The number of nitrogen functional groups attached to an aromatic ring is 1. The van der Waals surface area contributed by atoms with Crippen LogP contribution in [0.5, 0.6) is 0 Å². The maximum absolute atomic E-state index is 14.2. The number of hydrogen-bond donors (Lipinski definition) is 1. The summed E-state index contributed by atoms with van der Waals surface area (Å²) < 4.78 is 23.8. The third kappa shape index (κ3) is 6.76. The van der Waals surface area contributed by atoms with Crippen molar-refractivity contribution in [2.75, 3.05) is 25.9 Å². The third-order valence-electron chi connectivity index (χ3n) is 12.2. The Balaban J connectivity index is 1.34. The van der Waals surface area contributed by atoms with Gasteiger partial charge in [-0.2, -0.15) is 0 Å². The summed E-state index contributed by atoms with van der Waals surface area (Å²) in [5.74, 6) is 0.134. The summed E-state index contributed by atoms with van der Waals surface area (Å²) in [6.07, 6.45) is 1.41. The topological polar surface area (TPSA) is 141 Å². The van der Waals surface area contributed by atoms with Crippen molar-refractivity contribution in [1.82, 2.24) is 34.2 Å². The summed E-state index contributed by atoms with van der Waals surface area (Å²) in [5, 5.41) is 0.